The van der Waals surface area contributed by atoms with Crippen molar-refractivity contribution in [3.63, 3.8) is 0 Å². The highest BCUT2D eigenvalue weighted by Crippen LogP contribution is 2.14. The van der Waals surface area contributed by atoms with Crippen LogP contribution in [0.3, 0.4) is 0 Å². The molecule has 0 atom stereocenters. The smallest absolute Gasteiger partial charge is 0.312 e. The summed E-state index contributed by atoms with van der Waals surface area (Å²) in [5.41, 5.74) is 2.68. The number of aromatic nitrogens is 1. The van der Waals surface area contributed by atoms with Gasteiger partial charge in [-0.1, -0.05) is 6.07 Å². The van der Waals surface area contributed by atoms with E-state index >= 15 is 0 Å². The Morgan fingerprint density at radius 2 is 2.22 bits per heavy atom. The number of carbonyl (C=O) groups excluding carboxylic acids is 1. The summed E-state index contributed by atoms with van der Waals surface area (Å²) < 4.78 is 5.29. The van der Waals surface area contributed by atoms with Crippen molar-refractivity contribution in [1.82, 2.24) is 10.3 Å². The number of rotatable bonds is 2. The van der Waals surface area contributed by atoms with Gasteiger partial charge in [0.1, 0.15) is 5.60 Å². The number of carbonyl (C=O) groups is 1. The van der Waals surface area contributed by atoms with Gasteiger partial charge in [-0.3, -0.25) is 9.78 Å². The summed E-state index contributed by atoms with van der Waals surface area (Å²) in [7, 11) is 0. The lowest BCUT2D eigenvalue weighted by Gasteiger charge is -2.20. The van der Waals surface area contributed by atoms with Crippen molar-refractivity contribution in [2.45, 2.75) is 45.8 Å². The van der Waals surface area contributed by atoms with E-state index in [1.54, 1.807) is 0 Å². The molecule has 0 aliphatic carbocycles. The number of hydrogen-bond acceptors (Lipinski definition) is 4. The fraction of sp³-hybridized carbons (Fsp3) is 0.571. The van der Waals surface area contributed by atoms with Crippen molar-refractivity contribution in [1.29, 1.82) is 0 Å². The fourth-order valence-corrected chi connectivity index (χ4v) is 2.01. The Hall–Kier alpha value is -1.42. The zero-order chi connectivity index (χ0) is 13.2. The SMILES string of the molecule is CC(C)(C)OC(=O)Cc1ccc2c(n1)CNCC2. The van der Waals surface area contributed by atoms with Crippen LogP contribution in [0.15, 0.2) is 12.1 Å². The predicted molar refractivity (Wildman–Crippen MR) is 69.2 cm³/mol. The maximum atomic E-state index is 11.7. The normalized spacial score (nSPS) is 15.1. The lowest BCUT2D eigenvalue weighted by Crippen LogP contribution is -2.27. The molecule has 0 saturated carbocycles. The van der Waals surface area contributed by atoms with Gasteiger partial charge < -0.3 is 10.1 Å². The summed E-state index contributed by atoms with van der Waals surface area (Å²) in [5, 5.41) is 3.28. The molecule has 0 unspecified atom stereocenters. The summed E-state index contributed by atoms with van der Waals surface area (Å²) in [4.78, 5) is 16.2. The van der Waals surface area contributed by atoms with Gasteiger partial charge >= 0.3 is 5.97 Å². The second-order valence-electron chi connectivity index (χ2n) is 5.60. The van der Waals surface area contributed by atoms with Crippen molar-refractivity contribution in [2.75, 3.05) is 6.54 Å². The lowest BCUT2D eigenvalue weighted by atomic mass is 10.1. The van der Waals surface area contributed by atoms with Gasteiger partial charge in [0.25, 0.3) is 0 Å². The van der Waals surface area contributed by atoms with Gasteiger partial charge in [0.05, 0.1) is 17.8 Å². The molecular formula is C14H20N2O2. The number of ether oxygens (including phenoxy) is 1. The molecule has 1 aromatic heterocycles. The van der Waals surface area contributed by atoms with E-state index in [0.717, 1.165) is 30.9 Å². The molecule has 98 valence electrons. The predicted octanol–water partition coefficient (Wildman–Crippen LogP) is 1.61. The molecule has 1 aliphatic heterocycles. The Kier molecular flexibility index (Phi) is 3.66. The molecule has 2 heterocycles. The Labute approximate surface area is 108 Å². The zero-order valence-corrected chi connectivity index (χ0v) is 11.2. The molecule has 0 spiro atoms. The molecule has 0 saturated heterocycles. The molecule has 0 amide bonds. The monoisotopic (exact) mass is 248 g/mol. The molecule has 1 aromatic rings. The Morgan fingerprint density at radius 1 is 1.44 bits per heavy atom. The average molecular weight is 248 g/mol. The number of hydrogen-bond donors (Lipinski definition) is 1. The van der Waals surface area contributed by atoms with Crippen LogP contribution < -0.4 is 5.32 Å². The zero-order valence-electron chi connectivity index (χ0n) is 11.2. The minimum absolute atomic E-state index is 0.223. The quantitative estimate of drug-likeness (QED) is 0.808. The first-order valence-corrected chi connectivity index (χ1v) is 6.34. The third-order valence-corrected chi connectivity index (χ3v) is 2.74. The highest BCUT2D eigenvalue weighted by molar-refractivity contribution is 5.72. The molecule has 0 fully saturated rings. The maximum Gasteiger partial charge on any atom is 0.312 e. The number of pyridine rings is 1. The summed E-state index contributed by atoms with van der Waals surface area (Å²) >= 11 is 0. The van der Waals surface area contributed by atoms with E-state index < -0.39 is 5.60 Å². The minimum atomic E-state index is -0.438. The van der Waals surface area contributed by atoms with Crippen LogP contribution in [0, 0.1) is 0 Å². The van der Waals surface area contributed by atoms with E-state index in [1.807, 2.05) is 26.8 Å². The Morgan fingerprint density at radius 3 is 2.94 bits per heavy atom. The van der Waals surface area contributed by atoms with Crippen LogP contribution >= 0.6 is 0 Å². The second-order valence-corrected chi connectivity index (χ2v) is 5.60. The number of esters is 1. The van der Waals surface area contributed by atoms with Crippen LogP contribution in [0.25, 0.3) is 0 Å². The van der Waals surface area contributed by atoms with Gasteiger partial charge in [-0.25, -0.2) is 0 Å². The van der Waals surface area contributed by atoms with E-state index in [9.17, 15) is 4.79 Å². The van der Waals surface area contributed by atoms with E-state index in [1.165, 1.54) is 5.56 Å². The van der Waals surface area contributed by atoms with Crippen LogP contribution in [-0.2, 0) is 28.9 Å². The van der Waals surface area contributed by atoms with Crippen molar-refractivity contribution < 1.29 is 9.53 Å². The fourth-order valence-electron chi connectivity index (χ4n) is 2.01. The molecule has 0 bridgehead atoms. The van der Waals surface area contributed by atoms with Gasteiger partial charge in [-0.05, 0) is 45.4 Å². The third-order valence-electron chi connectivity index (χ3n) is 2.74. The summed E-state index contributed by atoms with van der Waals surface area (Å²) in [6.45, 7) is 7.40. The lowest BCUT2D eigenvalue weighted by molar-refractivity contribution is -0.153. The summed E-state index contributed by atoms with van der Waals surface area (Å²) in [5.74, 6) is -0.223. The van der Waals surface area contributed by atoms with Crippen molar-refractivity contribution in [3.05, 3.63) is 29.1 Å². The van der Waals surface area contributed by atoms with Gasteiger partial charge in [-0.2, -0.15) is 0 Å². The standard InChI is InChI=1S/C14H20N2O2/c1-14(2,3)18-13(17)8-11-5-4-10-6-7-15-9-12(10)16-11/h4-5,15H,6-9H2,1-3H3. The van der Waals surface area contributed by atoms with Gasteiger partial charge in [-0.15, -0.1) is 0 Å². The first-order chi connectivity index (χ1) is 8.44. The number of fused-ring (bicyclic) bond motifs is 1. The number of nitrogens with zero attached hydrogens (tertiary/aromatic N) is 1. The second kappa shape index (κ2) is 5.06. The van der Waals surface area contributed by atoms with Gasteiger partial charge in [0, 0.05) is 6.54 Å². The maximum absolute atomic E-state index is 11.7. The van der Waals surface area contributed by atoms with Crippen LogP contribution in [0.4, 0.5) is 0 Å². The average Bonchev–Trinajstić information content (AvgIpc) is 2.26. The number of nitrogens with one attached hydrogen (secondary N) is 1. The largest absolute Gasteiger partial charge is 0.460 e. The molecule has 2 rings (SSSR count). The molecule has 0 aromatic carbocycles. The first-order valence-electron chi connectivity index (χ1n) is 6.34. The topological polar surface area (TPSA) is 51.2 Å². The van der Waals surface area contributed by atoms with Crippen molar-refractivity contribution in [3.8, 4) is 0 Å². The Bertz CT molecular complexity index is 450. The minimum Gasteiger partial charge on any atom is -0.460 e. The van der Waals surface area contributed by atoms with E-state index in [2.05, 4.69) is 16.4 Å². The van der Waals surface area contributed by atoms with Gasteiger partial charge in [0.15, 0.2) is 0 Å². The highest BCUT2D eigenvalue weighted by atomic mass is 16.6. The molecular weight excluding hydrogens is 228 g/mol. The van der Waals surface area contributed by atoms with E-state index in [-0.39, 0.29) is 12.4 Å². The van der Waals surface area contributed by atoms with Gasteiger partial charge in [0.2, 0.25) is 0 Å². The van der Waals surface area contributed by atoms with E-state index in [0.29, 0.717) is 0 Å². The van der Waals surface area contributed by atoms with Crippen molar-refractivity contribution >= 4 is 5.97 Å². The summed E-state index contributed by atoms with van der Waals surface area (Å²) in [6, 6.07) is 4.00. The first kappa shape index (κ1) is 13.0. The van der Waals surface area contributed by atoms with Crippen LogP contribution in [0.5, 0.6) is 0 Å². The third kappa shape index (κ3) is 3.53. The molecule has 4 heteroatoms. The molecule has 4 nitrogen and oxygen atoms in total. The van der Waals surface area contributed by atoms with Crippen molar-refractivity contribution in [2.24, 2.45) is 0 Å². The molecule has 1 N–H and O–H groups in total. The molecule has 0 radical (unpaired) electrons. The summed E-state index contributed by atoms with van der Waals surface area (Å²) in [6.07, 6.45) is 1.25. The van der Waals surface area contributed by atoms with Crippen LogP contribution in [0.1, 0.15) is 37.7 Å². The van der Waals surface area contributed by atoms with Crippen LogP contribution in [-0.4, -0.2) is 23.1 Å². The molecule has 1 aliphatic rings. The Balaban J connectivity index is 2.04. The van der Waals surface area contributed by atoms with Crippen LogP contribution in [0.2, 0.25) is 0 Å². The molecule has 18 heavy (non-hydrogen) atoms. The highest BCUT2D eigenvalue weighted by Gasteiger charge is 2.18. The van der Waals surface area contributed by atoms with E-state index in [4.69, 9.17) is 4.74 Å².